The molecule has 0 unspecified atom stereocenters. The van der Waals surface area contributed by atoms with E-state index >= 15 is 0 Å². The maximum absolute atomic E-state index is 11.8. The van der Waals surface area contributed by atoms with Gasteiger partial charge in [0.05, 0.1) is 5.56 Å². The summed E-state index contributed by atoms with van der Waals surface area (Å²) < 4.78 is 0. The van der Waals surface area contributed by atoms with Crippen LogP contribution >= 0.6 is 11.8 Å². The standard InChI is InChI=1S/C19H30N4OS/c1-2-20-18(24)16-6-7-17(21-14-16)22-15-19(8-4-3-5-9-19)23-10-12-25-13-11-23/h6-7,14H,2-5,8-13,15H2,1H3,(H,20,24)(H,21,22). The lowest BCUT2D eigenvalue weighted by atomic mass is 9.80. The van der Waals surface area contributed by atoms with Gasteiger partial charge in [-0.25, -0.2) is 4.98 Å². The Morgan fingerprint density at radius 2 is 2.00 bits per heavy atom. The molecule has 0 spiro atoms. The predicted octanol–water partition coefficient (Wildman–Crippen LogP) is 2.99. The number of nitrogens with one attached hydrogen (secondary N) is 2. The lowest BCUT2D eigenvalue weighted by Crippen LogP contribution is -2.57. The fourth-order valence-corrected chi connectivity index (χ4v) is 4.91. The van der Waals surface area contributed by atoms with Crippen LogP contribution in [-0.2, 0) is 0 Å². The number of nitrogens with zero attached hydrogens (tertiary/aromatic N) is 2. The first-order chi connectivity index (χ1) is 12.2. The molecule has 1 aliphatic carbocycles. The quantitative estimate of drug-likeness (QED) is 0.815. The fraction of sp³-hybridized carbons (Fsp3) is 0.684. The molecular formula is C19H30N4OS. The van der Waals surface area contributed by atoms with Crippen molar-refractivity contribution in [3.05, 3.63) is 23.9 Å². The Hall–Kier alpha value is -1.27. The summed E-state index contributed by atoms with van der Waals surface area (Å²) in [4.78, 5) is 19.0. The SMILES string of the molecule is CCNC(=O)c1ccc(NCC2(N3CCSCC3)CCCCC2)nc1. The van der Waals surface area contributed by atoms with Crippen molar-refractivity contribution in [2.24, 2.45) is 0 Å². The Bertz CT molecular complexity index is 551. The van der Waals surface area contributed by atoms with Crippen molar-refractivity contribution in [3.63, 3.8) is 0 Å². The topological polar surface area (TPSA) is 57.3 Å². The van der Waals surface area contributed by atoms with Crippen LogP contribution < -0.4 is 10.6 Å². The normalized spacial score (nSPS) is 20.8. The first-order valence-corrected chi connectivity index (χ1v) is 10.7. The minimum atomic E-state index is -0.0592. The van der Waals surface area contributed by atoms with Gasteiger partial charge in [0.15, 0.2) is 0 Å². The highest BCUT2D eigenvalue weighted by molar-refractivity contribution is 7.99. The largest absolute Gasteiger partial charge is 0.368 e. The van der Waals surface area contributed by atoms with Crippen LogP contribution in [-0.4, -0.2) is 59.0 Å². The molecule has 0 bridgehead atoms. The van der Waals surface area contributed by atoms with E-state index in [1.165, 1.54) is 56.7 Å². The first-order valence-electron chi connectivity index (χ1n) is 9.54. The zero-order valence-corrected chi connectivity index (χ0v) is 16.0. The van der Waals surface area contributed by atoms with Gasteiger partial charge in [-0.15, -0.1) is 0 Å². The highest BCUT2D eigenvalue weighted by atomic mass is 32.2. The Morgan fingerprint density at radius 1 is 1.24 bits per heavy atom. The molecule has 1 amide bonds. The van der Waals surface area contributed by atoms with E-state index in [2.05, 4.69) is 32.3 Å². The lowest BCUT2D eigenvalue weighted by Gasteiger charge is -2.48. The summed E-state index contributed by atoms with van der Waals surface area (Å²) in [5.41, 5.74) is 0.895. The molecule has 2 heterocycles. The van der Waals surface area contributed by atoms with Gasteiger partial charge in [-0.1, -0.05) is 19.3 Å². The minimum Gasteiger partial charge on any atom is -0.368 e. The van der Waals surface area contributed by atoms with Crippen molar-refractivity contribution < 1.29 is 4.79 Å². The van der Waals surface area contributed by atoms with Gasteiger partial charge < -0.3 is 10.6 Å². The van der Waals surface area contributed by atoms with Gasteiger partial charge in [-0.3, -0.25) is 9.69 Å². The van der Waals surface area contributed by atoms with Gasteiger partial charge >= 0.3 is 0 Å². The molecule has 1 aromatic heterocycles. The van der Waals surface area contributed by atoms with E-state index in [0.717, 1.165) is 12.4 Å². The van der Waals surface area contributed by atoms with E-state index in [1.54, 1.807) is 6.20 Å². The monoisotopic (exact) mass is 362 g/mol. The van der Waals surface area contributed by atoms with Gasteiger partial charge in [0.25, 0.3) is 5.91 Å². The van der Waals surface area contributed by atoms with Crippen molar-refractivity contribution in [2.75, 3.05) is 43.0 Å². The van der Waals surface area contributed by atoms with E-state index in [1.807, 2.05) is 19.1 Å². The van der Waals surface area contributed by atoms with E-state index < -0.39 is 0 Å². The molecule has 138 valence electrons. The molecule has 2 aliphatic rings. The zero-order chi connectivity index (χ0) is 17.5. The highest BCUT2D eigenvalue weighted by Crippen LogP contribution is 2.35. The van der Waals surface area contributed by atoms with Gasteiger partial charge in [0.2, 0.25) is 0 Å². The molecule has 0 atom stereocenters. The fourth-order valence-electron chi connectivity index (χ4n) is 4.00. The Labute approximate surface area is 155 Å². The van der Waals surface area contributed by atoms with Gasteiger partial charge in [0, 0.05) is 49.4 Å². The van der Waals surface area contributed by atoms with Crippen molar-refractivity contribution in [1.29, 1.82) is 0 Å². The van der Waals surface area contributed by atoms with Crippen LogP contribution in [0.1, 0.15) is 49.4 Å². The summed E-state index contributed by atoms with van der Waals surface area (Å²) in [5, 5.41) is 6.37. The summed E-state index contributed by atoms with van der Waals surface area (Å²) in [6.07, 6.45) is 8.25. The second kappa shape index (κ2) is 8.90. The molecule has 2 N–H and O–H groups in total. The maximum atomic E-state index is 11.8. The van der Waals surface area contributed by atoms with E-state index in [0.29, 0.717) is 12.1 Å². The van der Waals surface area contributed by atoms with E-state index in [-0.39, 0.29) is 11.4 Å². The van der Waals surface area contributed by atoms with Crippen molar-refractivity contribution in [2.45, 2.75) is 44.6 Å². The average molecular weight is 363 g/mol. The zero-order valence-electron chi connectivity index (χ0n) is 15.2. The van der Waals surface area contributed by atoms with Crippen molar-refractivity contribution in [3.8, 4) is 0 Å². The van der Waals surface area contributed by atoms with Gasteiger partial charge in [-0.2, -0.15) is 11.8 Å². The molecule has 1 aromatic rings. The van der Waals surface area contributed by atoms with Crippen LogP contribution in [0.15, 0.2) is 18.3 Å². The van der Waals surface area contributed by atoms with Crippen molar-refractivity contribution in [1.82, 2.24) is 15.2 Å². The van der Waals surface area contributed by atoms with Crippen molar-refractivity contribution >= 4 is 23.5 Å². The Kier molecular flexibility index (Phi) is 6.59. The number of amides is 1. The average Bonchev–Trinajstić information content (AvgIpc) is 2.68. The van der Waals surface area contributed by atoms with Crippen LogP contribution in [0.4, 0.5) is 5.82 Å². The third-order valence-corrected chi connectivity index (χ3v) is 6.37. The second-order valence-corrected chi connectivity index (χ2v) is 8.25. The summed E-state index contributed by atoms with van der Waals surface area (Å²) in [6, 6.07) is 3.78. The molecule has 1 saturated heterocycles. The van der Waals surface area contributed by atoms with Crippen LogP contribution in [0.3, 0.4) is 0 Å². The number of aromatic nitrogens is 1. The van der Waals surface area contributed by atoms with Crippen LogP contribution in [0.25, 0.3) is 0 Å². The molecule has 1 saturated carbocycles. The van der Waals surface area contributed by atoms with Crippen LogP contribution in [0.5, 0.6) is 0 Å². The lowest BCUT2D eigenvalue weighted by molar-refractivity contribution is 0.0706. The predicted molar refractivity (Wildman–Crippen MR) is 105 cm³/mol. The number of pyridine rings is 1. The number of thioether (sulfide) groups is 1. The molecule has 0 radical (unpaired) electrons. The third kappa shape index (κ3) is 4.67. The maximum Gasteiger partial charge on any atom is 0.252 e. The number of carbonyl (C=O) groups is 1. The molecule has 3 rings (SSSR count). The second-order valence-electron chi connectivity index (χ2n) is 7.03. The molecule has 5 nitrogen and oxygen atoms in total. The van der Waals surface area contributed by atoms with Gasteiger partial charge in [0.1, 0.15) is 5.82 Å². The van der Waals surface area contributed by atoms with Crippen LogP contribution in [0.2, 0.25) is 0 Å². The number of anilines is 1. The molecule has 0 aromatic carbocycles. The number of hydrogen-bond donors (Lipinski definition) is 2. The Balaban J connectivity index is 1.63. The molecule has 25 heavy (non-hydrogen) atoms. The number of carbonyl (C=O) groups excluding carboxylic acids is 1. The highest BCUT2D eigenvalue weighted by Gasteiger charge is 2.38. The van der Waals surface area contributed by atoms with E-state index in [9.17, 15) is 4.79 Å². The smallest absolute Gasteiger partial charge is 0.252 e. The summed E-state index contributed by atoms with van der Waals surface area (Å²) in [7, 11) is 0. The van der Waals surface area contributed by atoms with E-state index in [4.69, 9.17) is 0 Å². The summed E-state index contributed by atoms with van der Waals surface area (Å²) >= 11 is 2.07. The first kappa shape index (κ1) is 18.5. The molecule has 1 aliphatic heterocycles. The third-order valence-electron chi connectivity index (χ3n) is 5.43. The molecule has 6 heteroatoms. The summed E-state index contributed by atoms with van der Waals surface area (Å²) in [6.45, 7) is 5.91. The Morgan fingerprint density at radius 3 is 2.64 bits per heavy atom. The summed E-state index contributed by atoms with van der Waals surface area (Å²) in [5.74, 6) is 3.31. The minimum absolute atomic E-state index is 0.0592. The number of hydrogen-bond acceptors (Lipinski definition) is 5. The number of rotatable bonds is 6. The molecular weight excluding hydrogens is 332 g/mol. The van der Waals surface area contributed by atoms with Gasteiger partial charge in [-0.05, 0) is 31.9 Å². The van der Waals surface area contributed by atoms with Crippen LogP contribution in [0, 0.1) is 0 Å². The molecule has 2 fully saturated rings.